The number of carbonyl (C=O) groups is 1. The first kappa shape index (κ1) is 13.9. The van der Waals surface area contributed by atoms with Crippen LogP contribution in [-0.4, -0.2) is 25.5 Å². The van der Waals surface area contributed by atoms with E-state index in [1.165, 1.54) is 17.3 Å². The molecule has 0 saturated heterocycles. The minimum atomic E-state index is -3.69. The summed E-state index contributed by atoms with van der Waals surface area (Å²) >= 11 is 0. The van der Waals surface area contributed by atoms with Crippen molar-refractivity contribution in [2.24, 2.45) is 0 Å². The number of carbonyl (C=O) groups excluding carboxylic acids is 1. The van der Waals surface area contributed by atoms with E-state index in [9.17, 15) is 13.2 Å². The van der Waals surface area contributed by atoms with Crippen molar-refractivity contribution in [2.45, 2.75) is 23.7 Å². The number of methoxy groups -OCH3 is 1. The fraction of sp³-hybridized carbons (Fsp3) is 0.267. The van der Waals surface area contributed by atoms with Crippen molar-refractivity contribution >= 4 is 16.0 Å². The normalized spacial score (nSPS) is 14.9. The standard InChI is InChI=1S/C15H15NO4S/c1-20-15(17)12-9-14(11-7-8-11)16(10-12)21(18,19)13-5-3-2-4-6-13/h2-6,9-11H,7-8H2,1H3. The SMILES string of the molecule is COC(=O)c1cc(C2CC2)n(S(=O)(=O)c2ccccc2)c1. The Kier molecular flexibility index (Phi) is 3.33. The van der Waals surface area contributed by atoms with Crippen LogP contribution in [0.2, 0.25) is 0 Å². The monoisotopic (exact) mass is 305 g/mol. The van der Waals surface area contributed by atoms with E-state index >= 15 is 0 Å². The van der Waals surface area contributed by atoms with Crippen molar-refractivity contribution in [3.8, 4) is 0 Å². The van der Waals surface area contributed by atoms with Gasteiger partial charge in [-0.1, -0.05) is 18.2 Å². The minimum Gasteiger partial charge on any atom is -0.465 e. The number of esters is 1. The second kappa shape index (κ2) is 5.04. The highest BCUT2D eigenvalue weighted by molar-refractivity contribution is 7.90. The van der Waals surface area contributed by atoms with Crippen LogP contribution in [0.25, 0.3) is 0 Å². The number of ether oxygens (including phenoxy) is 1. The van der Waals surface area contributed by atoms with Crippen molar-refractivity contribution in [1.82, 2.24) is 3.97 Å². The Morgan fingerprint density at radius 3 is 2.48 bits per heavy atom. The lowest BCUT2D eigenvalue weighted by Crippen LogP contribution is -2.14. The quantitative estimate of drug-likeness (QED) is 0.814. The number of hydrogen-bond acceptors (Lipinski definition) is 4. The summed E-state index contributed by atoms with van der Waals surface area (Å²) in [5.41, 5.74) is 0.915. The lowest BCUT2D eigenvalue weighted by atomic mass is 10.2. The summed E-state index contributed by atoms with van der Waals surface area (Å²) in [5, 5.41) is 0. The van der Waals surface area contributed by atoms with Gasteiger partial charge in [-0.3, -0.25) is 0 Å². The van der Waals surface area contributed by atoms with Crippen LogP contribution in [0.5, 0.6) is 0 Å². The molecule has 1 saturated carbocycles. The molecule has 6 heteroatoms. The van der Waals surface area contributed by atoms with Crippen molar-refractivity contribution in [3.63, 3.8) is 0 Å². The van der Waals surface area contributed by atoms with Gasteiger partial charge >= 0.3 is 5.97 Å². The van der Waals surface area contributed by atoms with Crippen molar-refractivity contribution in [3.05, 3.63) is 53.9 Å². The first-order valence-corrected chi connectivity index (χ1v) is 8.09. The van der Waals surface area contributed by atoms with Gasteiger partial charge in [0.1, 0.15) is 0 Å². The molecule has 1 fully saturated rings. The van der Waals surface area contributed by atoms with Crippen LogP contribution in [0.3, 0.4) is 0 Å². The van der Waals surface area contributed by atoms with Gasteiger partial charge in [0.2, 0.25) is 0 Å². The number of rotatable bonds is 4. The molecule has 1 aromatic carbocycles. The maximum absolute atomic E-state index is 12.7. The highest BCUT2D eigenvalue weighted by Crippen LogP contribution is 2.41. The molecule has 0 spiro atoms. The zero-order valence-electron chi connectivity index (χ0n) is 11.5. The van der Waals surface area contributed by atoms with E-state index in [-0.39, 0.29) is 16.4 Å². The summed E-state index contributed by atoms with van der Waals surface area (Å²) in [5.74, 6) is -0.333. The summed E-state index contributed by atoms with van der Waals surface area (Å²) in [4.78, 5) is 11.9. The molecule has 0 radical (unpaired) electrons. The third-order valence-electron chi connectivity index (χ3n) is 3.53. The molecular weight excluding hydrogens is 290 g/mol. The Labute approximate surface area is 123 Å². The van der Waals surface area contributed by atoms with Crippen LogP contribution < -0.4 is 0 Å². The molecule has 3 rings (SSSR count). The largest absolute Gasteiger partial charge is 0.465 e. The summed E-state index contributed by atoms with van der Waals surface area (Å²) in [7, 11) is -2.41. The zero-order chi connectivity index (χ0) is 15.0. The maximum atomic E-state index is 12.7. The molecule has 0 amide bonds. The Hall–Kier alpha value is -2.08. The topological polar surface area (TPSA) is 65.4 Å². The third kappa shape index (κ3) is 2.47. The van der Waals surface area contributed by atoms with Crippen LogP contribution in [0.1, 0.15) is 34.8 Å². The highest BCUT2D eigenvalue weighted by Gasteiger charge is 2.32. The molecule has 21 heavy (non-hydrogen) atoms. The summed E-state index contributed by atoms with van der Waals surface area (Å²) < 4.78 is 31.3. The summed E-state index contributed by atoms with van der Waals surface area (Å²) in [6.45, 7) is 0. The second-order valence-electron chi connectivity index (χ2n) is 5.03. The summed E-state index contributed by atoms with van der Waals surface area (Å²) in [6, 6.07) is 9.82. The molecule has 1 aliphatic rings. The maximum Gasteiger partial charge on any atom is 0.339 e. The fourth-order valence-corrected chi connectivity index (χ4v) is 3.74. The van der Waals surface area contributed by atoms with Gasteiger partial charge in [-0.2, -0.15) is 0 Å². The number of hydrogen-bond donors (Lipinski definition) is 0. The Morgan fingerprint density at radius 2 is 1.90 bits per heavy atom. The average Bonchev–Trinajstić information content (AvgIpc) is 3.25. The smallest absolute Gasteiger partial charge is 0.339 e. The van der Waals surface area contributed by atoms with Crippen molar-refractivity contribution < 1.29 is 17.9 Å². The third-order valence-corrected chi connectivity index (χ3v) is 5.23. The second-order valence-corrected chi connectivity index (χ2v) is 6.85. The lowest BCUT2D eigenvalue weighted by molar-refractivity contribution is 0.0601. The Balaban J connectivity index is 2.13. The molecule has 0 bridgehead atoms. The van der Waals surface area contributed by atoms with Crippen molar-refractivity contribution in [2.75, 3.05) is 7.11 Å². The van der Waals surface area contributed by atoms with Gasteiger partial charge < -0.3 is 4.74 Å². The minimum absolute atomic E-state index is 0.196. The molecule has 5 nitrogen and oxygen atoms in total. The fourth-order valence-electron chi connectivity index (χ4n) is 2.28. The van der Waals surface area contributed by atoms with E-state index < -0.39 is 16.0 Å². The molecule has 2 aromatic rings. The van der Waals surface area contributed by atoms with Gasteiger partial charge in [0.05, 0.1) is 17.6 Å². The van der Waals surface area contributed by atoms with E-state index in [0.717, 1.165) is 12.8 Å². The number of nitrogens with zero attached hydrogens (tertiary/aromatic N) is 1. The van der Waals surface area contributed by atoms with Crippen molar-refractivity contribution in [1.29, 1.82) is 0 Å². The van der Waals surface area contributed by atoms with Gasteiger partial charge in [0, 0.05) is 17.8 Å². The molecule has 110 valence electrons. The Morgan fingerprint density at radius 1 is 1.24 bits per heavy atom. The van der Waals surface area contributed by atoms with Gasteiger partial charge in [-0.15, -0.1) is 0 Å². The summed E-state index contributed by atoms with van der Waals surface area (Å²) in [6.07, 6.45) is 3.23. The molecule has 0 aliphatic heterocycles. The first-order chi connectivity index (χ1) is 10.0. The highest BCUT2D eigenvalue weighted by atomic mass is 32.2. The van der Waals surface area contributed by atoms with Crippen LogP contribution in [0.4, 0.5) is 0 Å². The van der Waals surface area contributed by atoms with E-state index in [2.05, 4.69) is 4.74 Å². The van der Waals surface area contributed by atoms with E-state index in [1.807, 2.05) is 0 Å². The number of benzene rings is 1. The van der Waals surface area contributed by atoms with Crippen LogP contribution in [-0.2, 0) is 14.8 Å². The number of aromatic nitrogens is 1. The van der Waals surface area contributed by atoms with E-state index in [4.69, 9.17) is 0 Å². The van der Waals surface area contributed by atoms with Crippen LogP contribution >= 0.6 is 0 Å². The molecule has 0 atom stereocenters. The van der Waals surface area contributed by atoms with Gasteiger partial charge in [0.25, 0.3) is 10.0 Å². The van der Waals surface area contributed by atoms with Crippen LogP contribution in [0, 0.1) is 0 Å². The van der Waals surface area contributed by atoms with Gasteiger partial charge in [0.15, 0.2) is 0 Å². The Bertz CT molecular complexity index is 773. The van der Waals surface area contributed by atoms with E-state index in [1.54, 1.807) is 36.4 Å². The average molecular weight is 305 g/mol. The van der Waals surface area contributed by atoms with E-state index in [0.29, 0.717) is 5.69 Å². The predicted octanol–water partition coefficient (Wildman–Crippen LogP) is 2.39. The van der Waals surface area contributed by atoms with Gasteiger partial charge in [-0.05, 0) is 31.0 Å². The molecule has 0 unspecified atom stereocenters. The molecular formula is C15H15NO4S. The lowest BCUT2D eigenvalue weighted by Gasteiger charge is -2.09. The van der Waals surface area contributed by atoms with Crippen LogP contribution in [0.15, 0.2) is 47.5 Å². The molecule has 1 heterocycles. The molecule has 1 aliphatic carbocycles. The zero-order valence-corrected chi connectivity index (χ0v) is 12.3. The first-order valence-electron chi connectivity index (χ1n) is 6.65. The molecule has 0 N–H and O–H groups in total. The predicted molar refractivity (Wildman–Crippen MR) is 76.8 cm³/mol. The molecule has 1 aromatic heterocycles. The van der Waals surface area contributed by atoms with Gasteiger partial charge in [-0.25, -0.2) is 17.2 Å².